The summed E-state index contributed by atoms with van der Waals surface area (Å²) >= 11 is 0. The van der Waals surface area contributed by atoms with Crippen molar-refractivity contribution in [3.05, 3.63) is 11.3 Å². The average Bonchev–Trinajstić information content (AvgIpc) is 2.15. The Balaban J connectivity index is 0.00000144. The van der Waals surface area contributed by atoms with E-state index in [0.717, 1.165) is 30.5 Å². The van der Waals surface area contributed by atoms with Crippen LogP contribution < -0.4 is 11.5 Å². The van der Waals surface area contributed by atoms with Crippen LogP contribution in [0.15, 0.2) is 0 Å². The third-order valence-corrected chi connectivity index (χ3v) is 3.55. The Labute approximate surface area is 109 Å². The number of nitrogens with two attached hydrogens (primary N) is 2. The van der Waals surface area contributed by atoms with E-state index < -0.39 is 0 Å². The Morgan fingerprint density at radius 2 is 1.82 bits per heavy atom. The molecule has 4 nitrogen and oxygen atoms in total. The number of aromatic nitrogens is 2. The quantitative estimate of drug-likeness (QED) is 0.746. The van der Waals surface area contributed by atoms with Crippen molar-refractivity contribution in [2.45, 2.75) is 40.0 Å². The van der Waals surface area contributed by atoms with Gasteiger partial charge in [0.15, 0.2) is 0 Å². The molecule has 96 valence electrons. The molecule has 0 aromatic carbocycles. The highest BCUT2D eigenvalue weighted by molar-refractivity contribution is 5.85. The summed E-state index contributed by atoms with van der Waals surface area (Å²) in [5.41, 5.74) is 14.0. The second-order valence-electron chi connectivity index (χ2n) is 5.70. The van der Waals surface area contributed by atoms with Crippen LogP contribution in [0, 0.1) is 11.3 Å². The Hall–Kier alpha value is -1.03. The summed E-state index contributed by atoms with van der Waals surface area (Å²) < 4.78 is 0. The van der Waals surface area contributed by atoms with Gasteiger partial charge in [0.2, 0.25) is 5.95 Å². The zero-order valence-electron chi connectivity index (χ0n) is 10.7. The molecule has 17 heavy (non-hydrogen) atoms. The van der Waals surface area contributed by atoms with Crippen molar-refractivity contribution in [2.24, 2.45) is 11.3 Å². The Kier molecular flexibility index (Phi) is 3.87. The monoisotopic (exact) mass is 256 g/mol. The molecule has 4 N–H and O–H groups in total. The van der Waals surface area contributed by atoms with Crippen molar-refractivity contribution in [2.75, 3.05) is 11.5 Å². The number of rotatable bonds is 0. The van der Waals surface area contributed by atoms with Crippen LogP contribution in [0.1, 0.15) is 38.4 Å². The molecule has 1 aromatic heterocycles. The minimum Gasteiger partial charge on any atom is -0.383 e. The molecule has 0 aliphatic heterocycles. The number of nitrogen functional groups attached to an aromatic ring is 2. The molecule has 0 bridgehead atoms. The van der Waals surface area contributed by atoms with Gasteiger partial charge in [-0.15, -0.1) is 12.4 Å². The van der Waals surface area contributed by atoms with E-state index in [1.54, 1.807) is 0 Å². The molecule has 0 saturated carbocycles. The number of nitrogens with zero attached hydrogens (tertiary/aromatic N) is 2. The first-order valence-electron chi connectivity index (χ1n) is 5.78. The Morgan fingerprint density at radius 3 is 2.41 bits per heavy atom. The lowest BCUT2D eigenvalue weighted by atomic mass is 9.71. The number of hydrogen-bond donors (Lipinski definition) is 2. The molecule has 0 radical (unpaired) electrons. The predicted octanol–water partition coefficient (Wildman–Crippen LogP) is 2.21. The molecule has 0 spiro atoms. The number of halogens is 1. The number of hydrogen-bond acceptors (Lipinski definition) is 4. The van der Waals surface area contributed by atoms with E-state index in [1.807, 2.05) is 0 Å². The molecular weight excluding hydrogens is 236 g/mol. The van der Waals surface area contributed by atoms with E-state index in [0.29, 0.717) is 23.1 Å². The number of fused-ring (bicyclic) bond motifs is 1. The third-order valence-electron chi connectivity index (χ3n) is 3.55. The SMILES string of the molecule is CC(C)(C)C1CCc2nc(N)nc(N)c2C1.Cl. The zero-order chi connectivity index (χ0) is 11.9. The zero-order valence-corrected chi connectivity index (χ0v) is 11.5. The fraction of sp³-hybridized carbons (Fsp3) is 0.667. The number of aryl methyl sites for hydroxylation is 1. The van der Waals surface area contributed by atoms with Gasteiger partial charge in [-0.2, -0.15) is 4.98 Å². The van der Waals surface area contributed by atoms with Gasteiger partial charge in [-0.1, -0.05) is 20.8 Å². The van der Waals surface area contributed by atoms with E-state index >= 15 is 0 Å². The molecule has 2 rings (SSSR count). The van der Waals surface area contributed by atoms with Gasteiger partial charge in [0, 0.05) is 5.56 Å². The smallest absolute Gasteiger partial charge is 0.222 e. The predicted molar refractivity (Wildman–Crippen MR) is 73.1 cm³/mol. The first-order chi connectivity index (χ1) is 7.38. The maximum Gasteiger partial charge on any atom is 0.222 e. The van der Waals surface area contributed by atoms with Gasteiger partial charge in [-0.05, 0) is 30.6 Å². The van der Waals surface area contributed by atoms with Crippen LogP contribution in [0.5, 0.6) is 0 Å². The summed E-state index contributed by atoms with van der Waals surface area (Å²) in [6, 6.07) is 0. The first-order valence-corrected chi connectivity index (χ1v) is 5.78. The second-order valence-corrected chi connectivity index (χ2v) is 5.70. The van der Waals surface area contributed by atoms with Gasteiger partial charge in [0.1, 0.15) is 5.82 Å². The topological polar surface area (TPSA) is 77.8 Å². The Morgan fingerprint density at radius 1 is 1.18 bits per heavy atom. The van der Waals surface area contributed by atoms with Gasteiger partial charge in [0.05, 0.1) is 5.69 Å². The molecule has 1 heterocycles. The molecule has 1 aliphatic carbocycles. The van der Waals surface area contributed by atoms with Gasteiger partial charge in [-0.3, -0.25) is 0 Å². The molecule has 5 heteroatoms. The Bertz CT molecular complexity index is 412. The highest BCUT2D eigenvalue weighted by Gasteiger charge is 2.30. The van der Waals surface area contributed by atoms with E-state index in [1.165, 1.54) is 0 Å². The normalized spacial score (nSPS) is 19.4. The fourth-order valence-electron chi connectivity index (χ4n) is 2.40. The molecule has 0 amide bonds. The lowest BCUT2D eigenvalue weighted by Crippen LogP contribution is -2.28. The van der Waals surface area contributed by atoms with Crippen LogP contribution in [-0.2, 0) is 12.8 Å². The molecule has 1 aromatic rings. The van der Waals surface area contributed by atoms with Gasteiger partial charge in [-0.25, -0.2) is 4.98 Å². The van der Waals surface area contributed by atoms with Crippen LogP contribution in [0.3, 0.4) is 0 Å². The van der Waals surface area contributed by atoms with Crippen LogP contribution in [-0.4, -0.2) is 9.97 Å². The van der Waals surface area contributed by atoms with E-state index in [4.69, 9.17) is 11.5 Å². The van der Waals surface area contributed by atoms with Gasteiger partial charge >= 0.3 is 0 Å². The maximum atomic E-state index is 5.92. The van der Waals surface area contributed by atoms with E-state index in [2.05, 4.69) is 30.7 Å². The van der Waals surface area contributed by atoms with Gasteiger partial charge < -0.3 is 11.5 Å². The first kappa shape index (κ1) is 14.0. The fourth-order valence-corrected chi connectivity index (χ4v) is 2.40. The summed E-state index contributed by atoms with van der Waals surface area (Å²) in [5.74, 6) is 1.51. The third kappa shape index (κ3) is 2.80. The molecule has 1 aliphatic rings. The van der Waals surface area contributed by atoms with Gasteiger partial charge in [0.25, 0.3) is 0 Å². The van der Waals surface area contributed by atoms with Crippen LogP contribution >= 0.6 is 12.4 Å². The minimum atomic E-state index is 0. The van der Waals surface area contributed by atoms with Crippen molar-refractivity contribution < 1.29 is 0 Å². The summed E-state index contributed by atoms with van der Waals surface area (Å²) in [5, 5.41) is 0. The van der Waals surface area contributed by atoms with Crippen molar-refractivity contribution in [3.8, 4) is 0 Å². The van der Waals surface area contributed by atoms with Crippen LogP contribution in [0.4, 0.5) is 11.8 Å². The summed E-state index contributed by atoms with van der Waals surface area (Å²) in [6.07, 6.45) is 3.10. The maximum absolute atomic E-state index is 5.92. The average molecular weight is 257 g/mol. The molecule has 1 unspecified atom stereocenters. The molecule has 0 fully saturated rings. The number of anilines is 2. The van der Waals surface area contributed by atoms with E-state index in [9.17, 15) is 0 Å². The summed E-state index contributed by atoms with van der Waals surface area (Å²) in [7, 11) is 0. The molecule has 1 atom stereocenters. The van der Waals surface area contributed by atoms with Crippen molar-refractivity contribution >= 4 is 24.2 Å². The standard InChI is InChI=1S/C12H20N4.ClH/c1-12(2,3)7-4-5-9-8(6-7)10(13)16-11(14)15-9;/h7H,4-6H2,1-3H3,(H4,13,14,15,16);1H. The van der Waals surface area contributed by atoms with E-state index in [-0.39, 0.29) is 12.4 Å². The van der Waals surface area contributed by atoms with Crippen molar-refractivity contribution in [3.63, 3.8) is 0 Å². The summed E-state index contributed by atoms with van der Waals surface area (Å²) in [4.78, 5) is 8.33. The molecular formula is C12H21ClN4. The van der Waals surface area contributed by atoms with Crippen LogP contribution in [0.25, 0.3) is 0 Å². The largest absolute Gasteiger partial charge is 0.383 e. The van der Waals surface area contributed by atoms with Crippen LogP contribution in [0.2, 0.25) is 0 Å². The molecule has 0 saturated heterocycles. The highest BCUT2D eigenvalue weighted by Crippen LogP contribution is 2.38. The lowest BCUT2D eigenvalue weighted by molar-refractivity contribution is 0.215. The lowest BCUT2D eigenvalue weighted by Gasteiger charge is -2.34. The highest BCUT2D eigenvalue weighted by atomic mass is 35.5. The summed E-state index contributed by atoms with van der Waals surface area (Å²) in [6.45, 7) is 6.82. The van der Waals surface area contributed by atoms with Crippen molar-refractivity contribution in [1.29, 1.82) is 0 Å². The minimum absolute atomic E-state index is 0. The second kappa shape index (κ2) is 4.69. The van der Waals surface area contributed by atoms with Crippen molar-refractivity contribution in [1.82, 2.24) is 9.97 Å².